The van der Waals surface area contributed by atoms with E-state index in [2.05, 4.69) is 43.4 Å². The largest absolute Gasteiger partial charge is 0.302 e. The predicted octanol–water partition coefficient (Wildman–Crippen LogP) is 3.50. The third-order valence-electron chi connectivity index (χ3n) is 4.98. The Bertz CT molecular complexity index is 933. The molecule has 1 aliphatic heterocycles. The van der Waals surface area contributed by atoms with Gasteiger partial charge in [0.05, 0.1) is 11.0 Å². The fraction of sp³-hybridized carbons (Fsp3) is 0.400. The molecule has 7 heteroatoms. The summed E-state index contributed by atoms with van der Waals surface area (Å²) in [5.41, 5.74) is 3.29. The van der Waals surface area contributed by atoms with Crippen LogP contribution in [0.1, 0.15) is 30.2 Å². The molecule has 0 saturated carbocycles. The van der Waals surface area contributed by atoms with Crippen molar-refractivity contribution in [3.8, 4) is 0 Å². The number of nitrogens with zero attached hydrogens (tertiary/aromatic N) is 4. The van der Waals surface area contributed by atoms with E-state index >= 15 is 0 Å². The molecule has 0 atom stereocenters. The molecular formula is C20H23N5OS. The number of thiazole rings is 1. The molecule has 0 aliphatic carbocycles. The lowest BCUT2D eigenvalue weighted by Gasteiger charge is -2.31. The highest BCUT2D eigenvalue weighted by molar-refractivity contribution is 7.15. The number of likely N-dealkylation sites (tertiary alicyclic amines) is 1. The first-order valence-electron chi connectivity index (χ1n) is 9.30. The van der Waals surface area contributed by atoms with E-state index in [9.17, 15) is 4.79 Å². The molecule has 27 heavy (non-hydrogen) atoms. The van der Waals surface area contributed by atoms with E-state index in [1.165, 1.54) is 30.2 Å². The summed E-state index contributed by atoms with van der Waals surface area (Å²) < 4.78 is 0. The number of carbonyl (C=O) groups excluding carboxylic acids is 1. The van der Waals surface area contributed by atoms with E-state index < -0.39 is 0 Å². The predicted molar refractivity (Wildman–Crippen MR) is 108 cm³/mol. The molecular weight excluding hydrogens is 358 g/mol. The van der Waals surface area contributed by atoms with Gasteiger partial charge in [-0.25, -0.2) is 4.98 Å². The van der Waals surface area contributed by atoms with Crippen LogP contribution < -0.4 is 5.32 Å². The number of aromatic nitrogens is 3. The lowest BCUT2D eigenvalue weighted by molar-refractivity contribution is -0.114. The molecule has 0 unspecified atom stereocenters. The van der Waals surface area contributed by atoms with Crippen molar-refractivity contribution in [1.29, 1.82) is 0 Å². The zero-order valence-corrected chi connectivity index (χ0v) is 16.2. The van der Waals surface area contributed by atoms with Crippen molar-refractivity contribution in [2.75, 3.05) is 18.4 Å². The van der Waals surface area contributed by atoms with Crippen LogP contribution in [-0.4, -0.2) is 38.8 Å². The van der Waals surface area contributed by atoms with Gasteiger partial charge in [0.2, 0.25) is 5.91 Å². The Morgan fingerprint density at radius 2 is 1.96 bits per heavy atom. The molecule has 1 N–H and O–H groups in total. The van der Waals surface area contributed by atoms with Crippen molar-refractivity contribution in [3.05, 3.63) is 47.2 Å². The third-order valence-corrected chi connectivity index (χ3v) is 5.88. The lowest BCUT2D eigenvalue weighted by atomic mass is 9.90. The minimum Gasteiger partial charge on any atom is -0.302 e. The molecule has 140 valence electrons. The number of nitrogens with one attached hydrogen (secondary N) is 1. The van der Waals surface area contributed by atoms with Crippen molar-refractivity contribution in [1.82, 2.24) is 19.9 Å². The monoisotopic (exact) mass is 381 g/mol. The van der Waals surface area contributed by atoms with Crippen molar-refractivity contribution in [2.45, 2.75) is 32.7 Å². The molecule has 1 aliphatic rings. The number of piperidine rings is 1. The van der Waals surface area contributed by atoms with Crippen LogP contribution in [0.15, 0.2) is 36.8 Å². The van der Waals surface area contributed by atoms with Crippen LogP contribution in [0, 0.1) is 5.92 Å². The van der Waals surface area contributed by atoms with Gasteiger partial charge in [0.25, 0.3) is 0 Å². The van der Waals surface area contributed by atoms with E-state index in [4.69, 9.17) is 0 Å². The summed E-state index contributed by atoms with van der Waals surface area (Å²) in [6.45, 7) is 4.63. The van der Waals surface area contributed by atoms with Gasteiger partial charge in [-0.05, 0) is 56.0 Å². The van der Waals surface area contributed by atoms with E-state index in [1.807, 2.05) is 6.20 Å². The van der Waals surface area contributed by atoms with E-state index in [1.54, 1.807) is 23.7 Å². The van der Waals surface area contributed by atoms with Gasteiger partial charge in [-0.3, -0.25) is 19.7 Å². The highest BCUT2D eigenvalue weighted by Gasteiger charge is 2.20. The van der Waals surface area contributed by atoms with E-state index in [-0.39, 0.29) is 5.91 Å². The van der Waals surface area contributed by atoms with Gasteiger partial charge < -0.3 is 5.32 Å². The Kier molecular flexibility index (Phi) is 5.40. The minimum absolute atomic E-state index is 0.0728. The SMILES string of the molecule is CC(=O)Nc1ncc(CN2CCC(Cc3ccc4nccnc4c3)CC2)s1. The van der Waals surface area contributed by atoms with Crippen LogP contribution in [0.25, 0.3) is 11.0 Å². The Balaban J connectivity index is 1.29. The van der Waals surface area contributed by atoms with Crippen molar-refractivity contribution in [2.24, 2.45) is 5.92 Å². The van der Waals surface area contributed by atoms with Gasteiger partial charge in [-0.15, -0.1) is 11.3 Å². The summed E-state index contributed by atoms with van der Waals surface area (Å²) >= 11 is 1.56. The highest BCUT2D eigenvalue weighted by Crippen LogP contribution is 2.26. The van der Waals surface area contributed by atoms with Crippen LogP contribution in [-0.2, 0) is 17.8 Å². The minimum atomic E-state index is -0.0728. The third kappa shape index (κ3) is 4.67. The smallest absolute Gasteiger partial charge is 0.223 e. The van der Waals surface area contributed by atoms with Crippen molar-refractivity contribution < 1.29 is 4.79 Å². The van der Waals surface area contributed by atoms with Crippen molar-refractivity contribution >= 4 is 33.4 Å². The Morgan fingerprint density at radius 3 is 2.74 bits per heavy atom. The van der Waals surface area contributed by atoms with Crippen LogP contribution in [0.4, 0.5) is 5.13 Å². The Labute approximate surface area is 162 Å². The van der Waals surface area contributed by atoms with Gasteiger partial charge in [0.15, 0.2) is 5.13 Å². The first-order chi connectivity index (χ1) is 13.2. The second kappa shape index (κ2) is 8.10. The van der Waals surface area contributed by atoms with Gasteiger partial charge in [-0.2, -0.15) is 0 Å². The molecule has 1 aromatic carbocycles. The number of amides is 1. The molecule has 0 radical (unpaired) electrons. The molecule has 3 aromatic rings. The number of carbonyl (C=O) groups is 1. The maximum absolute atomic E-state index is 11.1. The zero-order chi connectivity index (χ0) is 18.6. The van der Waals surface area contributed by atoms with Crippen LogP contribution in [0.2, 0.25) is 0 Å². The first-order valence-corrected chi connectivity index (χ1v) is 10.1. The molecule has 4 rings (SSSR count). The van der Waals surface area contributed by atoms with Crippen LogP contribution >= 0.6 is 11.3 Å². The number of hydrogen-bond donors (Lipinski definition) is 1. The summed E-state index contributed by atoms with van der Waals surface area (Å²) in [6, 6.07) is 6.43. The van der Waals surface area contributed by atoms with E-state index in [0.717, 1.165) is 37.1 Å². The quantitative estimate of drug-likeness (QED) is 0.732. The summed E-state index contributed by atoms with van der Waals surface area (Å²) in [7, 11) is 0. The lowest BCUT2D eigenvalue weighted by Crippen LogP contribution is -2.33. The normalized spacial score (nSPS) is 15.9. The molecule has 1 saturated heterocycles. The fourth-order valence-electron chi connectivity index (χ4n) is 3.63. The molecule has 1 fully saturated rings. The maximum atomic E-state index is 11.1. The second-order valence-corrected chi connectivity index (χ2v) is 8.23. The molecule has 6 nitrogen and oxygen atoms in total. The number of fused-ring (bicyclic) bond motifs is 1. The second-order valence-electron chi connectivity index (χ2n) is 7.12. The molecule has 3 heterocycles. The number of hydrogen-bond acceptors (Lipinski definition) is 6. The first kappa shape index (κ1) is 18.0. The maximum Gasteiger partial charge on any atom is 0.223 e. The number of rotatable bonds is 5. The highest BCUT2D eigenvalue weighted by atomic mass is 32.1. The number of benzene rings is 1. The number of anilines is 1. The van der Waals surface area contributed by atoms with Crippen molar-refractivity contribution in [3.63, 3.8) is 0 Å². The molecule has 0 spiro atoms. The summed E-state index contributed by atoms with van der Waals surface area (Å²) in [5.74, 6) is 0.642. The summed E-state index contributed by atoms with van der Waals surface area (Å²) in [4.78, 5) is 27.8. The van der Waals surface area contributed by atoms with Crippen LogP contribution in [0.3, 0.4) is 0 Å². The Hall–Kier alpha value is -2.38. The summed E-state index contributed by atoms with van der Waals surface area (Å²) in [6.07, 6.45) is 8.87. The topological polar surface area (TPSA) is 71.0 Å². The average Bonchev–Trinajstić information content (AvgIpc) is 3.09. The van der Waals surface area contributed by atoms with Gasteiger partial charge in [-0.1, -0.05) is 6.07 Å². The Morgan fingerprint density at radius 1 is 1.19 bits per heavy atom. The molecule has 0 bridgehead atoms. The van der Waals surface area contributed by atoms with Gasteiger partial charge >= 0.3 is 0 Å². The van der Waals surface area contributed by atoms with Gasteiger partial charge in [0.1, 0.15) is 0 Å². The standard InChI is InChI=1S/C20H23N5OS/c1-14(26)24-20-23-12-17(27-20)13-25-8-4-15(5-9-25)10-16-2-3-18-19(11-16)22-7-6-21-18/h2-3,6-7,11-12,15H,4-5,8-10,13H2,1H3,(H,23,24,26). The average molecular weight is 382 g/mol. The van der Waals surface area contributed by atoms with E-state index in [0.29, 0.717) is 11.0 Å². The zero-order valence-electron chi connectivity index (χ0n) is 15.4. The van der Waals surface area contributed by atoms with Gasteiger partial charge in [0, 0.05) is 36.9 Å². The molecule has 1 amide bonds. The fourth-order valence-corrected chi connectivity index (χ4v) is 4.53. The summed E-state index contributed by atoms with van der Waals surface area (Å²) in [5, 5.41) is 3.44. The molecule has 2 aromatic heterocycles. The van der Waals surface area contributed by atoms with Crippen LogP contribution in [0.5, 0.6) is 0 Å².